The van der Waals surface area contributed by atoms with Crippen LogP contribution >= 0.6 is 0 Å². The monoisotopic (exact) mass is 365 g/mol. The molecule has 1 saturated heterocycles. The van der Waals surface area contributed by atoms with Crippen LogP contribution in [0.1, 0.15) is 16.2 Å². The number of carboxylic acid groups (broad SMARTS) is 1. The molecule has 0 aromatic carbocycles. The summed E-state index contributed by atoms with van der Waals surface area (Å²) in [6.07, 6.45) is 5.34. The fraction of sp³-hybridized carbons (Fsp3) is 0.263. The molecule has 4 rings (SSSR count). The first-order chi connectivity index (χ1) is 13.1. The second-order valence-electron chi connectivity index (χ2n) is 6.33. The third-order valence-electron chi connectivity index (χ3n) is 4.52. The van der Waals surface area contributed by atoms with Gasteiger partial charge in [-0.25, -0.2) is 9.78 Å². The van der Waals surface area contributed by atoms with E-state index in [1.54, 1.807) is 19.3 Å². The Labute approximate surface area is 155 Å². The van der Waals surface area contributed by atoms with Gasteiger partial charge in [-0.1, -0.05) is 0 Å². The SMILES string of the molecule is Cc1[nH]c(-c2cc(-c3cncc(N4CCOCC4)c3)ccn2)nc1C(=O)O. The number of aromatic amines is 1. The molecule has 1 fully saturated rings. The smallest absolute Gasteiger partial charge is 0.356 e. The van der Waals surface area contributed by atoms with E-state index in [9.17, 15) is 9.90 Å². The predicted octanol–water partition coefficient (Wildman–Crippen LogP) is 2.38. The van der Waals surface area contributed by atoms with E-state index < -0.39 is 5.97 Å². The van der Waals surface area contributed by atoms with Crippen molar-refractivity contribution < 1.29 is 14.6 Å². The van der Waals surface area contributed by atoms with Gasteiger partial charge in [0.25, 0.3) is 0 Å². The highest BCUT2D eigenvalue weighted by atomic mass is 16.5. The average molecular weight is 365 g/mol. The van der Waals surface area contributed by atoms with Gasteiger partial charge in [0.2, 0.25) is 0 Å². The highest BCUT2D eigenvalue weighted by molar-refractivity contribution is 5.87. The maximum Gasteiger partial charge on any atom is 0.356 e. The molecule has 0 spiro atoms. The minimum Gasteiger partial charge on any atom is -0.476 e. The summed E-state index contributed by atoms with van der Waals surface area (Å²) >= 11 is 0. The number of carbonyl (C=O) groups is 1. The molecular formula is C19H19N5O3. The van der Waals surface area contributed by atoms with Crippen molar-refractivity contribution in [3.05, 3.63) is 48.2 Å². The van der Waals surface area contributed by atoms with Crippen LogP contribution in [0, 0.1) is 6.92 Å². The fourth-order valence-corrected chi connectivity index (χ4v) is 3.11. The molecule has 138 valence electrons. The first kappa shape index (κ1) is 17.2. The van der Waals surface area contributed by atoms with E-state index in [2.05, 4.69) is 30.9 Å². The molecule has 1 aliphatic rings. The molecule has 0 unspecified atom stereocenters. The summed E-state index contributed by atoms with van der Waals surface area (Å²) in [6.45, 7) is 4.80. The number of aromatic nitrogens is 4. The molecule has 0 aliphatic carbocycles. The molecule has 27 heavy (non-hydrogen) atoms. The largest absolute Gasteiger partial charge is 0.476 e. The first-order valence-electron chi connectivity index (χ1n) is 8.66. The predicted molar refractivity (Wildman–Crippen MR) is 99.8 cm³/mol. The van der Waals surface area contributed by atoms with Crippen LogP contribution in [-0.2, 0) is 4.74 Å². The van der Waals surface area contributed by atoms with Crippen molar-refractivity contribution in [2.45, 2.75) is 6.92 Å². The van der Waals surface area contributed by atoms with Crippen LogP contribution in [0.5, 0.6) is 0 Å². The van der Waals surface area contributed by atoms with Crippen LogP contribution in [0.2, 0.25) is 0 Å². The van der Waals surface area contributed by atoms with Crippen LogP contribution in [0.3, 0.4) is 0 Å². The number of H-pyrrole nitrogens is 1. The Hall–Kier alpha value is -3.26. The number of anilines is 1. The lowest BCUT2D eigenvalue weighted by molar-refractivity contribution is 0.0690. The minimum atomic E-state index is -1.06. The Kier molecular flexibility index (Phi) is 4.55. The second-order valence-corrected chi connectivity index (χ2v) is 6.33. The zero-order valence-corrected chi connectivity index (χ0v) is 14.8. The number of morpholine rings is 1. The summed E-state index contributed by atoms with van der Waals surface area (Å²) < 4.78 is 5.41. The third kappa shape index (κ3) is 3.52. The quantitative estimate of drug-likeness (QED) is 0.731. The number of pyridine rings is 2. The fourth-order valence-electron chi connectivity index (χ4n) is 3.11. The number of hydrogen-bond acceptors (Lipinski definition) is 6. The maximum absolute atomic E-state index is 11.2. The summed E-state index contributed by atoms with van der Waals surface area (Å²) in [6, 6.07) is 5.87. The lowest BCUT2D eigenvalue weighted by Crippen LogP contribution is -2.36. The van der Waals surface area contributed by atoms with Gasteiger partial charge in [0.05, 0.1) is 25.1 Å². The number of ether oxygens (including phenoxy) is 1. The summed E-state index contributed by atoms with van der Waals surface area (Å²) in [5.41, 5.74) is 4.04. The number of rotatable bonds is 4. The van der Waals surface area contributed by atoms with Gasteiger partial charge < -0.3 is 19.7 Å². The maximum atomic E-state index is 11.2. The first-order valence-corrected chi connectivity index (χ1v) is 8.66. The number of aromatic carboxylic acids is 1. The Morgan fingerprint density at radius 1 is 1.22 bits per heavy atom. The average Bonchev–Trinajstić information content (AvgIpc) is 3.11. The van der Waals surface area contributed by atoms with Crippen LogP contribution < -0.4 is 4.90 Å². The second kappa shape index (κ2) is 7.16. The third-order valence-corrected chi connectivity index (χ3v) is 4.52. The molecule has 3 aromatic rings. The Morgan fingerprint density at radius 3 is 2.78 bits per heavy atom. The van der Waals surface area contributed by atoms with Gasteiger partial charge >= 0.3 is 5.97 Å². The van der Waals surface area contributed by atoms with Crippen molar-refractivity contribution in [2.75, 3.05) is 31.2 Å². The van der Waals surface area contributed by atoms with Gasteiger partial charge in [-0.05, 0) is 30.7 Å². The lowest BCUT2D eigenvalue weighted by atomic mass is 10.1. The van der Waals surface area contributed by atoms with Crippen LogP contribution in [0.25, 0.3) is 22.6 Å². The lowest BCUT2D eigenvalue weighted by Gasteiger charge is -2.28. The van der Waals surface area contributed by atoms with Crippen molar-refractivity contribution in [3.63, 3.8) is 0 Å². The molecule has 0 bridgehead atoms. The van der Waals surface area contributed by atoms with Crippen molar-refractivity contribution in [3.8, 4) is 22.6 Å². The van der Waals surface area contributed by atoms with Crippen LogP contribution in [0.4, 0.5) is 5.69 Å². The zero-order valence-electron chi connectivity index (χ0n) is 14.8. The molecule has 0 radical (unpaired) electrons. The van der Waals surface area contributed by atoms with Gasteiger partial charge in [-0.3, -0.25) is 9.97 Å². The van der Waals surface area contributed by atoms with E-state index in [0.29, 0.717) is 30.4 Å². The van der Waals surface area contributed by atoms with Gasteiger partial charge in [0.15, 0.2) is 11.5 Å². The molecule has 0 atom stereocenters. The molecule has 4 heterocycles. The molecule has 2 N–H and O–H groups in total. The van der Waals surface area contributed by atoms with Gasteiger partial charge in [0.1, 0.15) is 5.69 Å². The summed E-state index contributed by atoms with van der Waals surface area (Å²) in [5.74, 6) is -0.627. The van der Waals surface area contributed by atoms with Gasteiger partial charge in [-0.2, -0.15) is 0 Å². The number of hydrogen-bond donors (Lipinski definition) is 2. The summed E-state index contributed by atoms with van der Waals surface area (Å²) in [4.78, 5) is 29.3. The Morgan fingerprint density at radius 2 is 2.04 bits per heavy atom. The van der Waals surface area contributed by atoms with Crippen LogP contribution in [-0.4, -0.2) is 57.3 Å². The number of nitrogens with zero attached hydrogens (tertiary/aromatic N) is 4. The van der Waals surface area contributed by atoms with Crippen LogP contribution in [0.15, 0.2) is 36.8 Å². The number of carboxylic acids is 1. The molecule has 8 nitrogen and oxygen atoms in total. The highest BCUT2D eigenvalue weighted by Gasteiger charge is 2.16. The van der Waals surface area contributed by atoms with E-state index in [4.69, 9.17) is 4.74 Å². The number of nitrogens with one attached hydrogen (secondary N) is 1. The molecule has 8 heteroatoms. The van der Waals surface area contributed by atoms with Crippen molar-refractivity contribution in [1.29, 1.82) is 0 Å². The Bertz CT molecular complexity index is 979. The molecular weight excluding hydrogens is 346 g/mol. The van der Waals surface area contributed by atoms with Crippen molar-refractivity contribution in [1.82, 2.24) is 19.9 Å². The van der Waals surface area contributed by atoms with E-state index in [0.717, 1.165) is 29.9 Å². The standard InChI is InChI=1S/C19H19N5O3/c1-12-17(19(25)26)23-18(22-12)16-9-13(2-3-21-16)14-8-15(11-20-10-14)24-4-6-27-7-5-24/h2-3,8-11H,4-7H2,1H3,(H,22,23)(H,25,26). The highest BCUT2D eigenvalue weighted by Crippen LogP contribution is 2.26. The van der Waals surface area contributed by atoms with E-state index in [-0.39, 0.29) is 5.69 Å². The zero-order chi connectivity index (χ0) is 18.8. The van der Waals surface area contributed by atoms with E-state index in [1.165, 1.54) is 0 Å². The molecule has 3 aromatic heterocycles. The summed E-state index contributed by atoms with van der Waals surface area (Å²) in [5, 5.41) is 9.19. The molecule has 0 amide bonds. The molecule has 0 saturated carbocycles. The minimum absolute atomic E-state index is 0.00758. The van der Waals surface area contributed by atoms with Crippen molar-refractivity contribution >= 4 is 11.7 Å². The Balaban J connectivity index is 1.66. The number of imidazole rings is 1. The molecule has 1 aliphatic heterocycles. The van der Waals surface area contributed by atoms with E-state index >= 15 is 0 Å². The van der Waals surface area contributed by atoms with Crippen molar-refractivity contribution in [2.24, 2.45) is 0 Å². The topological polar surface area (TPSA) is 104 Å². The normalized spacial score (nSPS) is 14.3. The summed E-state index contributed by atoms with van der Waals surface area (Å²) in [7, 11) is 0. The van der Waals surface area contributed by atoms with E-state index in [1.807, 2.05) is 18.3 Å². The number of aryl methyl sites for hydroxylation is 1. The van der Waals surface area contributed by atoms with Gasteiger partial charge in [0, 0.05) is 36.7 Å². The van der Waals surface area contributed by atoms with Gasteiger partial charge in [-0.15, -0.1) is 0 Å².